The molecule has 1 aromatic rings. The van der Waals surface area contributed by atoms with Gasteiger partial charge in [0, 0.05) is 16.7 Å². The van der Waals surface area contributed by atoms with Crippen molar-refractivity contribution in [1.29, 1.82) is 0 Å². The first-order valence-corrected chi connectivity index (χ1v) is 7.29. The van der Waals surface area contributed by atoms with E-state index in [0.717, 1.165) is 22.0 Å². The highest BCUT2D eigenvalue weighted by molar-refractivity contribution is 9.10. The first kappa shape index (κ1) is 13.2. The molecule has 2 rings (SSSR count). The van der Waals surface area contributed by atoms with Crippen LogP contribution >= 0.6 is 27.5 Å². The van der Waals surface area contributed by atoms with Gasteiger partial charge in [-0.15, -0.1) is 0 Å². The molecule has 4 heteroatoms. The predicted molar refractivity (Wildman–Crippen MR) is 76.5 cm³/mol. The summed E-state index contributed by atoms with van der Waals surface area (Å²) >= 11 is 9.52. The van der Waals surface area contributed by atoms with E-state index in [1.807, 2.05) is 6.07 Å². The Morgan fingerprint density at radius 1 is 1.29 bits per heavy atom. The van der Waals surface area contributed by atoms with E-state index in [0.29, 0.717) is 11.2 Å². The second-order valence-corrected chi connectivity index (χ2v) is 6.52. The Morgan fingerprint density at radius 3 is 2.59 bits per heavy atom. The van der Waals surface area contributed by atoms with Crippen LogP contribution in [0.4, 0.5) is 5.69 Å². The highest BCUT2D eigenvalue weighted by Gasteiger charge is 2.24. The van der Waals surface area contributed by atoms with Crippen molar-refractivity contribution < 1.29 is 0 Å². The molecule has 0 saturated heterocycles. The highest BCUT2D eigenvalue weighted by Crippen LogP contribution is 2.32. The van der Waals surface area contributed by atoms with Gasteiger partial charge in [-0.05, 0) is 53.1 Å². The summed E-state index contributed by atoms with van der Waals surface area (Å²) in [6, 6.07) is 2.52. The Hall–Kier alpha value is -0.280. The summed E-state index contributed by atoms with van der Waals surface area (Å²) in [4.78, 5) is 4.14. The van der Waals surface area contributed by atoms with Crippen molar-refractivity contribution in [1.82, 2.24) is 4.98 Å². The van der Waals surface area contributed by atoms with Crippen molar-refractivity contribution in [2.75, 3.05) is 5.32 Å². The average Bonchev–Trinajstić information content (AvgIpc) is 2.22. The zero-order chi connectivity index (χ0) is 12.4. The molecule has 1 aromatic heterocycles. The molecule has 0 radical (unpaired) electrons. The lowest BCUT2D eigenvalue weighted by Crippen LogP contribution is -2.30. The molecular weight excluding hydrogens is 300 g/mol. The van der Waals surface area contributed by atoms with Crippen LogP contribution in [-0.4, -0.2) is 11.0 Å². The minimum absolute atomic E-state index is 0.516. The van der Waals surface area contributed by atoms with E-state index in [4.69, 9.17) is 11.6 Å². The number of pyridine rings is 1. The summed E-state index contributed by atoms with van der Waals surface area (Å²) in [7, 11) is 0. The van der Waals surface area contributed by atoms with Crippen molar-refractivity contribution in [3.63, 3.8) is 0 Å². The molecule has 1 saturated carbocycles. The molecule has 0 spiro atoms. The SMILES string of the molecule is CC1CC(C)CC(Nc2cc(Br)cnc2Cl)C1. The van der Waals surface area contributed by atoms with Crippen LogP contribution in [-0.2, 0) is 0 Å². The Bertz CT molecular complexity index is 387. The maximum atomic E-state index is 6.09. The van der Waals surface area contributed by atoms with Gasteiger partial charge in [0.2, 0.25) is 0 Å². The van der Waals surface area contributed by atoms with E-state index in [1.165, 1.54) is 19.3 Å². The lowest BCUT2D eigenvalue weighted by molar-refractivity contribution is 0.281. The van der Waals surface area contributed by atoms with Crippen molar-refractivity contribution in [3.05, 3.63) is 21.9 Å². The molecule has 1 aliphatic rings. The smallest absolute Gasteiger partial charge is 0.152 e. The second-order valence-electron chi connectivity index (χ2n) is 5.25. The Kier molecular flexibility index (Phi) is 4.31. The summed E-state index contributed by atoms with van der Waals surface area (Å²) < 4.78 is 0.960. The first-order valence-electron chi connectivity index (χ1n) is 6.12. The van der Waals surface area contributed by atoms with Crippen molar-refractivity contribution >= 4 is 33.2 Å². The van der Waals surface area contributed by atoms with Gasteiger partial charge < -0.3 is 5.32 Å². The fraction of sp³-hybridized carbons (Fsp3) is 0.615. The molecule has 0 aliphatic heterocycles. The number of nitrogens with zero attached hydrogens (tertiary/aromatic N) is 1. The molecule has 1 heterocycles. The topological polar surface area (TPSA) is 24.9 Å². The van der Waals surface area contributed by atoms with Gasteiger partial charge in [0.25, 0.3) is 0 Å². The van der Waals surface area contributed by atoms with Gasteiger partial charge in [-0.3, -0.25) is 0 Å². The molecule has 2 atom stereocenters. The van der Waals surface area contributed by atoms with Gasteiger partial charge in [-0.25, -0.2) is 4.98 Å². The number of aromatic nitrogens is 1. The van der Waals surface area contributed by atoms with Crippen LogP contribution < -0.4 is 5.32 Å². The molecule has 0 amide bonds. The third-order valence-electron chi connectivity index (χ3n) is 3.34. The zero-order valence-corrected chi connectivity index (χ0v) is 12.6. The van der Waals surface area contributed by atoms with Gasteiger partial charge in [-0.1, -0.05) is 25.4 Å². The molecule has 0 bridgehead atoms. The van der Waals surface area contributed by atoms with E-state index in [9.17, 15) is 0 Å². The highest BCUT2D eigenvalue weighted by atomic mass is 79.9. The van der Waals surface area contributed by atoms with Gasteiger partial charge in [0.15, 0.2) is 5.15 Å². The molecule has 2 unspecified atom stereocenters. The molecule has 94 valence electrons. The summed E-state index contributed by atoms with van der Waals surface area (Å²) in [6.07, 6.45) is 5.49. The monoisotopic (exact) mass is 316 g/mol. The molecule has 2 nitrogen and oxygen atoms in total. The van der Waals surface area contributed by atoms with Gasteiger partial charge in [0.05, 0.1) is 5.69 Å². The van der Waals surface area contributed by atoms with Crippen LogP contribution in [0.25, 0.3) is 0 Å². The molecule has 1 N–H and O–H groups in total. The average molecular weight is 318 g/mol. The number of hydrogen-bond donors (Lipinski definition) is 1. The van der Waals surface area contributed by atoms with Crippen molar-refractivity contribution in [2.45, 2.75) is 39.2 Å². The maximum absolute atomic E-state index is 6.09. The Morgan fingerprint density at radius 2 is 1.94 bits per heavy atom. The van der Waals surface area contributed by atoms with E-state index in [-0.39, 0.29) is 0 Å². The summed E-state index contributed by atoms with van der Waals surface area (Å²) in [6.45, 7) is 4.65. The van der Waals surface area contributed by atoms with Gasteiger partial charge in [0.1, 0.15) is 0 Å². The molecule has 1 aliphatic carbocycles. The summed E-state index contributed by atoms with van der Waals surface area (Å²) in [5.74, 6) is 1.57. The predicted octanol–water partition coefficient (Wildman–Crippen LogP) is 4.73. The van der Waals surface area contributed by atoms with E-state index in [2.05, 4.69) is 40.1 Å². The van der Waals surface area contributed by atoms with Crippen molar-refractivity contribution in [3.8, 4) is 0 Å². The van der Waals surface area contributed by atoms with Crippen LogP contribution in [0.2, 0.25) is 5.15 Å². The third kappa shape index (κ3) is 3.59. The van der Waals surface area contributed by atoms with Gasteiger partial charge in [-0.2, -0.15) is 0 Å². The zero-order valence-electron chi connectivity index (χ0n) is 10.2. The molecular formula is C13H18BrClN2. The van der Waals surface area contributed by atoms with Crippen LogP contribution in [0.3, 0.4) is 0 Å². The largest absolute Gasteiger partial charge is 0.380 e. The fourth-order valence-corrected chi connectivity index (χ4v) is 3.30. The molecule has 1 fully saturated rings. The normalized spacial score (nSPS) is 29.1. The minimum atomic E-state index is 0.516. The van der Waals surface area contributed by atoms with E-state index >= 15 is 0 Å². The maximum Gasteiger partial charge on any atom is 0.152 e. The van der Waals surface area contributed by atoms with Crippen LogP contribution in [0.1, 0.15) is 33.1 Å². The Balaban J connectivity index is 2.07. The van der Waals surface area contributed by atoms with Crippen LogP contribution in [0.5, 0.6) is 0 Å². The van der Waals surface area contributed by atoms with E-state index < -0.39 is 0 Å². The lowest BCUT2D eigenvalue weighted by Gasteiger charge is -2.32. The summed E-state index contributed by atoms with van der Waals surface area (Å²) in [5.41, 5.74) is 0.937. The minimum Gasteiger partial charge on any atom is -0.380 e. The Labute approximate surface area is 116 Å². The number of halogens is 2. The standard InChI is InChI=1S/C13H18BrClN2/c1-8-3-9(2)5-11(4-8)17-12-6-10(14)7-16-13(12)15/h6-9,11,17H,3-5H2,1-2H3. The van der Waals surface area contributed by atoms with Crippen molar-refractivity contribution in [2.24, 2.45) is 11.8 Å². The lowest BCUT2D eigenvalue weighted by atomic mass is 9.80. The third-order valence-corrected chi connectivity index (χ3v) is 4.08. The quantitative estimate of drug-likeness (QED) is 0.797. The number of rotatable bonds is 2. The molecule has 0 aromatic carbocycles. The van der Waals surface area contributed by atoms with Crippen LogP contribution in [0.15, 0.2) is 16.7 Å². The first-order chi connectivity index (χ1) is 8.04. The van der Waals surface area contributed by atoms with Gasteiger partial charge >= 0.3 is 0 Å². The van der Waals surface area contributed by atoms with Crippen LogP contribution in [0, 0.1) is 11.8 Å². The second kappa shape index (κ2) is 5.57. The fourth-order valence-electron chi connectivity index (χ4n) is 2.81. The number of hydrogen-bond acceptors (Lipinski definition) is 2. The number of nitrogens with one attached hydrogen (secondary N) is 1. The van der Waals surface area contributed by atoms with E-state index in [1.54, 1.807) is 6.20 Å². The summed E-state index contributed by atoms with van der Waals surface area (Å²) in [5, 5.41) is 4.08. The molecule has 17 heavy (non-hydrogen) atoms. The number of anilines is 1.